The van der Waals surface area contributed by atoms with Gasteiger partial charge in [-0.1, -0.05) is 12.1 Å². The first-order chi connectivity index (χ1) is 10.5. The smallest absolute Gasteiger partial charge is 0.253 e. The van der Waals surface area contributed by atoms with E-state index >= 15 is 0 Å². The van der Waals surface area contributed by atoms with Gasteiger partial charge in [-0.15, -0.1) is 23.1 Å². The molecule has 3 rings (SSSR count). The summed E-state index contributed by atoms with van der Waals surface area (Å²) >= 11 is 6.21. The first-order valence-electron chi connectivity index (χ1n) is 6.55. The highest BCUT2D eigenvalue weighted by atomic mass is 79.9. The molecule has 1 atom stereocenters. The maximum Gasteiger partial charge on any atom is 0.253 e. The number of halogens is 1. The van der Waals surface area contributed by atoms with E-state index in [2.05, 4.69) is 15.9 Å². The van der Waals surface area contributed by atoms with Crippen LogP contribution in [0.2, 0.25) is 0 Å². The van der Waals surface area contributed by atoms with Crippen molar-refractivity contribution in [1.29, 1.82) is 0 Å². The molecule has 1 aliphatic heterocycles. The molecule has 118 valence electrons. The van der Waals surface area contributed by atoms with E-state index < -0.39 is 10.0 Å². The average molecular weight is 420 g/mol. The standard InChI is InChI=1S/C14H14BrNO3S3/c1-19-11-4-2-10(3-5-11)14-16(8-9-20-14)22(17,18)13-7-6-12(15)21-13/h2-7,14H,8-9H2,1H3/t14-/m0/s1. The van der Waals surface area contributed by atoms with Crippen molar-refractivity contribution < 1.29 is 13.2 Å². The Morgan fingerprint density at radius 1 is 1.23 bits per heavy atom. The molecule has 0 aliphatic carbocycles. The number of methoxy groups -OCH3 is 1. The van der Waals surface area contributed by atoms with Gasteiger partial charge >= 0.3 is 0 Å². The first kappa shape index (κ1) is 16.3. The van der Waals surface area contributed by atoms with Gasteiger partial charge in [0, 0.05) is 12.3 Å². The fourth-order valence-electron chi connectivity index (χ4n) is 2.28. The summed E-state index contributed by atoms with van der Waals surface area (Å²) in [6, 6.07) is 11.0. The van der Waals surface area contributed by atoms with Crippen molar-refractivity contribution >= 4 is 49.1 Å². The molecule has 1 aromatic heterocycles. The lowest BCUT2D eigenvalue weighted by atomic mass is 10.2. The van der Waals surface area contributed by atoms with Crippen LogP contribution in [0.4, 0.5) is 0 Å². The Labute approximate surface area is 146 Å². The van der Waals surface area contributed by atoms with Crippen molar-refractivity contribution in [2.45, 2.75) is 9.58 Å². The van der Waals surface area contributed by atoms with Gasteiger partial charge in [-0.3, -0.25) is 0 Å². The second-order valence-corrected chi connectivity index (χ2v) is 10.4. The minimum absolute atomic E-state index is 0.184. The molecule has 2 aromatic rings. The lowest BCUT2D eigenvalue weighted by Crippen LogP contribution is -2.30. The topological polar surface area (TPSA) is 46.6 Å². The largest absolute Gasteiger partial charge is 0.497 e. The van der Waals surface area contributed by atoms with E-state index in [1.165, 1.54) is 11.3 Å². The molecule has 8 heteroatoms. The number of sulfonamides is 1. The molecule has 0 amide bonds. The molecular weight excluding hydrogens is 406 g/mol. The van der Waals surface area contributed by atoms with E-state index in [4.69, 9.17) is 4.74 Å². The molecule has 1 aliphatic rings. The van der Waals surface area contributed by atoms with Crippen molar-refractivity contribution in [1.82, 2.24) is 4.31 Å². The summed E-state index contributed by atoms with van der Waals surface area (Å²) in [7, 11) is -1.85. The molecule has 1 saturated heterocycles. The number of thioether (sulfide) groups is 1. The predicted molar refractivity (Wildman–Crippen MR) is 94.1 cm³/mol. The second-order valence-electron chi connectivity index (χ2n) is 4.67. The fourth-order valence-corrected chi connectivity index (χ4v) is 7.66. The number of hydrogen-bond acceptors (Lipinski definition) is 5. The van der Waals surface area contributed by atoms with Gasteiger partial charge in [-0.05, 0) is 45.8 Å². The summed E-state index contributed by atoms with van der Waals surface area (Å²) < 4.78 is 33.6. The quantitative estimate of drug-likeness (QED) is 0.752. The van der Waals surface area contributed by atoms with Gasteiger partial charge in [0.05, 0.1) is 16.3 Å². The van der Waals surface area contributed by atoms with Crippen molar-refractivity contribution in [3.05, 3.63) is 45.7 Å². The van der Waals surface area contributed by atoms with Gasteiger partial charge in [0.2, 0.25) is 0 Å². The Kier molecular flexibility index (Phi) is 4.84. The molecule has 0 radical (unpaired) electrons. The summed E-state index contributed by atoms with van der Waals surface area (Å²) in [5, 5.41) is -0.184. The van der Waals surface area contributed by atoms with Gasteiger partial charge in [-0.2, -0.15) is 4.31 Å². The highest BCUT2D eigenvalue weighted by molar-refractivity contribution is 9.11. The molecule has 1 aromatic carbocycles. The van der Waals surface area contributed by atoms with E-state index in [9.17, 15) is 8.42 Å². The Bertz CT molecular complexity index is 758. The third kappa shape index (κ3) is 3.07. The zero-order valence-corrected chi connectivity index (χ0v) is 15.8. The lowest BCUT2D eigenvalue weighted by Gasteiger charge is -2.22. The number of hydrogen-bond donors (Lipinski definition) is 0. The zero-order chi connectivity index (χ0) is 15.7. The van der Waals surface area contributed by atoms with Gasteiger partial charge in [0.1, 0.15) is 9.96 Å². The number of benzene rings is 1. The molecular formula is C14H14BrNO3S3. The van der Waals surface area contributed by atoms with E-state index in [0.717, 1.165) is 20.9 Å². The number of nitrogens with zero attached hydrogens (tertiary/aromatic N) is 1. The molecule has 4 nitrogen and oxygen atoms in total. The monoisotopic (exact) mass is 419 g/mol. The summed E-state index contributed by atoms with van der Waals surface area (Å²) in [5.41, 5.74) is 0.975. The Balaban J connectivity index is 1.92. The van der Waals surface area contributed by atoms with Crippen molar-refractivity contribution in [2.24, 2.45) is 0 Å². The summed E-state index contributed by atoms with van der Waals surface area (Å²) in [6.45, 7) is 0.527. The van der Waals surface area contributed by atoms with Gasteiger partial charge in [-0.25, -0.2) is 8.42 Å². The third-order valence-electron chi connectivity index (χ3n) is 3.36. The van der Waals surface area contributed by atoms with Crippen LogP contribution in [0.15, 0.2) is 44.4 Å². The van der Waals surface area contributed by atoms with Crippen LogP contribution in [0.1, 0.15) is 10.9 Å². The molecule has 2 heterocycles. The molecule has 0 saturated carbocycles. The van der Waals surface area contributed by atoms with Crippen LogP contribution in [0.25, 0.3) is 0 Å². The van der Waals surface area contributed by atoms with Crippen LogP contribution >= 0.6 is 39.0 Å². The highest BCUT2D eigenvalue weighted by Crippen LogP contribution is 2.43. The second kappa shape index (κ2) is 6.52. The summed E-state index contributed by atoms with van der Waals surface area (Å²) in [4.78, 5) is 0. The van der Waals surface area contributed by atoms with Crippen LogP contribution in [-0.2, 0) is 10.0 Å². The molecule has 0 unspecified atom stereocenters. The summed E-state index contributed by atoms with van der Waals surface area (Å²) in [6.07, 6.45) is 0. The Morgan fingerprint density at radius 2 is 1.95 bits per heavy atom. The number of ether oxygens (including phenoxy) is 1. The van der Waals surface area contributed by atoms with E-state index in [1.54, 1.807) is 35.3 Å². The van der Waals surface area contributed by atoms with E-state index in [-0.39, 0.29) is 5.37 Å². The number of thiophene rings is 1. The maximum atomic E-state index is 12.8. The zero-order valence-electron chi connectivity index (χ0n) is 11.7. The molecule has 0 bridgehead atoms. The normalized spacial score (nSPS) is 19.5. The fraction of sp³-hybridized carbons (Fsp3) is 0.286. The molecule has 0 spiro atoms. The highest BCUT2D eigenvalue weighted by Gasteiger charge is 2.37. The minimum atomic E-state index is -3.46. The van der Waals surface area contributed by atoms with Crippen molar-refractivity contribution in [3.63, 3.8) is 0 Å². The van der Waals surface area contributed by atoms with Crippen molar-refractivity contribution in [2.75, 3.05) is 19.4 Å². The first-order valence-corrected chi connectivity index (χ1v) is 10.6. The lowest BCUT2D eigenvalue weighted by molar-refractivity contribution is 0.413. The van der Waals surface area contributed by atoms with E-state index in [1.807, 2.05) is 24.3 Å². The summed E-state index contributed by atoms with van der Waals surface area (Å²) in [5.74, 6) is 1.56. The van der Waals surface area contributed by atoms with Crippen LogP contribution in [0.3, 0.4) is 0 Å². The van der Waals surface area contributed by atoms with Gasteiger partial charge in [0.15, 0.2) is 0 Å². The maximum absolute atomic E-state index is 12.8. The van der Waals surface area contributed by atoms with Crippen LogP contribution in [-0.4, -0.2) is 32.1 Å². The van der Waals surface area contributed by atoms with Crippen LogP contribution < -0.4 is 4.74 Å². The molecule has 22 heavy (non-hydrogen) atoms. The predicted octanol–water partition coefficient (Wildman–Crippen LogP) is 3.96. The molecule has 1 fully saturated rings. The minimum Gasteiger partial charge on any atom is -0.497 e. The Morgan fingerprint density at radius 3 is 2.55 bits per heavy atom. The van der Waals surface area contributed by atoms with Crippen LogP contribution in [0.5, 0.6) is 5.75 Å². The number of rotatable bonds is 4. The average Bonchev–Trinajstić information content (AvgIpc) is 3.16. The van der Waals surface area contributed by atoms with Crippen molar-refractivity contribution in [3.8, 4) is 5.75 Å². The van der Waals surface area contributed by atoms with Gasteiger partial charge < -0.3 is 4.74 Å². The van der Waals surface area contributed by atoms with Gasteiger partial charge in [0.25, 0.3) is 10.0 Å². The Hall–Kier alpha value is -0.540. The SMILES string of the molecule is COc1ccc([C@@H]2SCCN2S(=O)(=O)c2ccc(Br)s2)cc1. The third-order valence-corrected chi connectivity index (χ3v) is 8.71. The molecule has 0 N–H and O–H groups in total. The van der Waals surface area contributed by atoms with Crippen LogP contribution in [0, 0.1) is 0 Å². The van der Waals surface area contributed by atoms with E-state index in [0.29, 0.717) is 10.8 Å².